The molecule has 1 aliphatic heterocycles. The molecule has 0 spiro atoms. The van der Waals surface area contributed by atoms with E-state index < -0.39 is 0 Å². The van der Waals surface area contributed by atoms with Gasteiger partial charge < -0.3 is 19.5 Å². The Balaban J connectivity index is 2.13. The van der Waals surface area contributed by atoms with Crippen molar-refractivity contribution in [3.63, 3.8) is 0 Å². The molecule has 0 aliphatic carbocycles. The Kier molecular flexibility index (Phi) is 9.38. The Morgan fingerprint density at radius 1 is 1.32 bits per heavy atom. The Labute approximate surface area is 117 Å². The maximum absolute atomic E-state index is 5.57. The molecule has 0 radical (unpaired) electrons. The van der Waals surface area contributed by atoms with E-state index in [1.54, 1.807) is 7.11 Å². The first kappa shape index (κ1) is 16.9. The van der Waals surface area contributed by atoms with E-state index in [1.165, 1.54) is 0 Å². The standard InChI is InChI=1S/C14H30N2O3/c1-13(2)15-11-14-12-19-8-6-16(14)5-4-7-18-10-9-17-3/h13-15H,4-12H2,1-3H3. The van der Waals surface area contributed by atoms with Crippen LogP contribution in [0.15, 0.2) is 0 Å². The van der Waals surface area contributed by atoms with Gasteiger partial charge in [0, 0.05) is 45.4 Å². The van der Waals surface area contributed by atoms with Crippen molar-refractivity contribution in [2.45, 2.75) is 32.4 Å². The summed E-state index contributed by atoms with van der Waals surface area (Å²) < 4.78 is 16.0. The first-order valence-corrected chi connectivity index (χ1v) is 7.36. The van der Waals surface area contributed by atoms with E-state index in [2.05, 4.69) is 24.1 Å². The van der Waals surface area contributed by atoms with Gasteiger partial charge in [0.2, 0.25) is 0 Å². The molecule has 0 aromatic rings. The predicted octanol–water partition coefficient (Wildman–Crippen LogP) is 0.738. The molecule has 1 aliphatic rings. The van der Waals surface area contributed by atoms with Gasteiger partial charge in [0.25, 0.3) is 0 Å². The Hall–Kier alpha value is -0.200. The summed E-state index contributed by atoms with van der Waals surface area (Å²) in [5.41, 5.74) is 0. The van der Waals surface area contributed by atoms with Crippen LogP contribution in [0, 0.1) is 0 Å². The first-order chi connectivity index (χ1) is 9.24. The lowest BCUT2D eigenvalue weighted by Crippen LogP contribution is -2.51. The molecule has 1 saturated heterocycles. The van der Waals surface area contributed by atoms with Crippen molar-refractivity contribution in [2.75, 3.05) is 59.8 Å². The van der Waals surface area contributed by atoms with Crippen LogP contribution < -0.4 is 5.32 Å². The van der Waals surface area contributed by atoms with Crippen molar-refractivity contribution in [3.05, 3.63) is 0 Å². The number of morpholine rings is 1. The van der Waals surface area contributed by atoms with Gasteiger partial charge in [-0.1, -0.05) is 13.8 Å². The van der Waals surface area contributed by atoms with Gasteiger partial charge in [-0.3, -0.25) is 4.90 Å². The highest BCUT2D eigenvalue weighted by molar-refractivity contribution is 4.78. The second-order valence-electron chi connectivity index (χ2n) is 5.29. The highest BCUT2D eigenvalue weighted by atomic mass is 16.5. The van der Waals surface area contributed by atoms with Gasteiger partial charge in [0.1, 0.15) is 0 Å². The van der Waals surface area contributed by atoms with Crippen LogP contribution >= 0.6 is 0 Å². The minimum Gasteiger partial charge on any atom is -0.382 e. The van der Waals surface area contributed by atoms with Gasteiger partial charge in [-0.15, -0.1) is 0 Å². The van der Waals surface area contributed by atoms with Crippen molar-refractivity contribution >= 4 is 0 Å². The average Bonchev–Trinajstić information content (AvgIpc) is 2.41. The van der Waals surface area contributed by atoms with Crippen LogP contribution in [0.2, 0.25) is 0 Å². The van der Waals surface area contributed by atoms with Gasteiger partial charge in [-0.25, -0.2) is 0 Å². The van der Waals surface area contributed by atoms with E-state index in [9.17, 15) is 0 Å². The fourth-order valence-electron chi connectivity index (χ4n) is 2.16. The van der Waals surface area contributed by atoms with Crippen molar-refractivity contribution in [2.24, 2.45) is 0 Å². The van der Waals surface area contributed by atoms with Crippen LogP contribution in [0.1, 0.15) is 20.3 Å². The number of hydrogen-bond acceptors (Lipinski definition) is 5. The molecule has 0 saturated carbocycles. The van der Waals surface area contributed by atoms with Gasteiger partial charge in [-0.05, 0) is 6.42 Å². The average molecular weight is 274 g/mol. The summed E-state index contributed by atoms with van der Waals surface area (Å²) in [5, 5.41) is 3.49. The molecule has 0 aromatic carbocycles. The van der Waals surface area contributed by atoms with Crippen LogP contribution in [-0.2, 0) is 14.2 Å². The maximum atomic E-state index is 5.57. The van der Waals surface area contributed by atoms with Crippen LogP contribution in [-0.4, -0.2) is 76.8 Å². The van der Waals surface area contributed by atoms with Gasteiger partial charge >= 0.3 is 0 Å². The number of ether oxygens (including phenoxy) is 3. The molecule has 0 bridgehead atoms. The Bertz CT molecular complexity index is 215. The zero-order valence-corrected chi connectivity index (χ0v) is 12.7. The molecule has 1 heterocycles. The fourth-order valence-corrected chi connectivity index (χ4v) is 2.16. The molecule has 1 N–H and O–H groups in total. The van der Waals surface area contributed by atoms with Crippen LogP contribution in [0.25, 0.3) is 0 Å². The lowest BCUT2D eigenvalue weighted by atomic mass is 10.2. The molecule has 19 heavy (non-hydrogen) atoms. The Morgan fingerprint density at radius 2 is 2.16 bits per heavy atom. The minimum atomic E-state index is 0.495. The zero-order valence-electron chi connectivity index (χ0n) is 12.7. The highest BCUT2D eigenvalue weighted by Crippen LogP contribution is 2.07. The van der Waals surface area contributed by atoms with Crippen molar-refractivity contribution < 1.29 is 14.2 Å². The van der Waals surface area contributed by atoms with Crippen LogP contribution in [0.3, 0.4) is 0 Å². The SMILES string of the molecule is COCCOCCCN1CCOCC1CNC(C)C. The fraction of sp³-hybridized carbons (Fsp3) is 1.00. The van der Waals surface area contributed by atoms with Crippen LogP contribution in [0.4, 0.5) is 0 Å². The molecule has 1 rings (SSSR count). The number of nitrogens with zero attached hydrogens (tertiary/aromatic N) is 1. The topological polar surface area (TPSA) is 43.0 Å². The van der Waals surface area contributed by atoms with E-state index in [1.807, 2.05) is 0 Å². The Morgan fingerprint density at radius 3 is 2.89 bits per heavy atom. The molecule has 1 fully saturated rings. The monoisotopic (exact) mass is 274 g/mol. The van der Waals surface area contributed by atoms with E-state index in [0.29, 0.717) is 25.3 Å². The predicted molar refractivity (Wildman–Crippen MR) is 76.6 cm³/mol. The first-order valence-electron chi connectivity index (χ1n) is 7.36. The second-order valence-corrected chi connectivity index (χ2v) is 5.29. The number of nitrogens with one attached hydrogen (secondary N) is 1. The molecule has 0 aromatic heterocycles. The third kappa shape index (κ3) is 7.84. The summed E-state index contributed by atoms with van der Waals surface area (Å²) in [5.74, 6) is 0. The van der Waals surface area contributed by atoms with E-state index >= 15 is 0 Å². The van der Waals surface area contributed by atoms with Gasteiger partial charge in [0.05, 0.1) is 26.4 Å². The van der Waals surface area contributed by atoms with Crippen molar-refractivity contribution in [1.29, 1.82) is 0 Å². The number of methoxy groups -OCH3 is 1. The largest absolute Gasteiger partial charge is 0.382 e. The smallest absolute Gasteiger partial charge is 0.0700 e. The van der Waals surface area contributed by atoms with Gasteiger partial charge in [-0.2, -0.15) is 0 Å². The lowest BCUT2D eigenvalue weighted by Gasteiger charge is -2.36. The molecule has 1 atom stereocenters. The molecular weight excluding hydrogens is 244 g/mol. The van der Waals surface area contributed by atoms with Crippen molar-refractivity contribution in [1.82, 2.24) is 10.2 Å². The molecular formula is C14H30N2O3. The molecule has 1 unspecified atom stereocenters. The summed E-state index contributed by atoms with van der Waals surface area (Å²) in [6.07, 6.45) is 1.07. The van der Waals surface area contributed by atoms with E-state index in [0.717, 1.165) is 45.9 Å². The highest BCUT2D eigenvalue weighted by Gasteiger charge is 2.22. The lowest BCUT2D eigenvalue weighted by molar-refractivity contribution is -0.0124. The summed E-state index contributed by atoms with van der Waals surface area (Å²) in [6.45, 7) is 11.3. The molecule has 5 nitrogen and oxygen atoms in total. The zero-order chi connectivity index (χ0) is 13.9. The third-order valence-corrected chi connectivity index (χ3v) is 3.28. The summed E-state index contributed by atoms with van der Waals surface area (Å²) >= 11 is 0. The maximum Gasteiger partial charge on any atom is 0.0700 e. The molecule has 114 valence electrons. The second kappa shape index (κ2) is 10.6. The number of rotatable bonds is 10. The molecule has 0 amide bonds. The summed E-state index contributed by atoms with van der Waals surface area (Å²) in [4.78, 5) is 2.51. The molecule has 5 heteroatoms. The summed E-state index contributed by atoms with van der Waals surface area (Å²) in [6, 6.07) is 1.02. The van der Waals surface area contributed by atoms with Gasteiger partial charge in [0.15, 0.2) is 0 Å². The quantitative estimate of drug-likeness (QED) is 0.595. The minimum absolute atomic E-state index is 0.495. The van der Waals surface area contributed by atoms with E-state index in [4.69, 9.17) is 14.2 Å². The third-order valence-electron chi connectivity index (χ3n) is 3.28. The number of hydrogen-bond donors (Lipinski definition) is 1. The normalized spacial score (nSPS) is 21.2. The summed E-state index contributed by atoms with van der Waals surface area (Å²) in [7, 11) is 1.70. The van der Waals surface area contributed by atoms with Crippen LogP contribution in [0.5, 0.6) is 0 Å². The van der Waals surface area contributed by atoms with E-state index in [-0.39, 0.29) is 0 Å². The van der Waals surface area contributed by atoms with Crippen molar-refractivity contribution in [3.8, 4) is 0 Å².